The molecule has 8 heteroatoms. The number of nitro benzene ring substituents is 1. The summed E-state index contributed by atoms with van der Waals surface area (Å²) < 4.78 is 0. The van der Waals surface area contributed by atoms with Gasteiger partial charge in [0, 0.05) is 24.7 Å². The Morgan fingerprint density at radius 1 is 1.50 bits per heavy atom. The fraction of sp³-hybridized carbons (Fsp3) is 0.429. The number of carbonyl (C=O) groups is 2. The third kappa shape index (κ3) is 3.19. The first kappa shape index (κ1) is 16.2. The van der Waals surface area contributed by atoms with E-state index in [1.165, 1.54) is 23.1 Å². The fourth-order valence-electron chi connectivity index (χ4n) is 2.68. The van der Waals surface area contributed by atoms with Crippen LogP contribution in [0.2, 0.25) is 5.02 Å². The number of non-ortho nitro benzene ring substituents is 1. The molecule has 0 bridgehead atoms. The van der Waals surface area contributed by atoms with Gasteiger partial charge in [-0.05, 0) is 18.9 Å². The quantitative estimate of drug-likeness (QED) is 0.674. The minimum atomic E-state index is -0.906. The smallest absolute Gasteiger partial charge is 0.308 e. The topological polar surface area (TPSA) is 101 Å². The van der Waals surface area contributed by atoms with Crippen molar-refractivity contribution in [2.24, 2.45) is 5.92 Å². The van der Waals surface area contributed by atoms with Crippen LogP contribution in [0.4, 0.5) is 5.69 Å². The van der Waals surface area contributed by atoms with Crippen LogP contribution in [0, 0.1) is 16.0 Å². The number of halogens is 1. The number of amides is 1. The first-order valence-corrected chi connectivity index (χ1v) is 7.14. The number of carboxylic acids is 1. The highest BCUT2D eigenvalue weighted by Crippen LogP contribution is 2.27. The lowest BCUT2D eigenvalue weighted by Gasteiger charge is -2.23. The minimum Gasteiger partial charge on any atom is -0.481 e. The van der Waals surface area contributed by atoms with E-state index < -0.39 is 16.8 Å². The van der Waals surface area contributed by atoms with Crippen LogP contribution in [-0.4, -0.2) is 39.4 Å². The number of nitro groups is 1. The Hall–Kier alpha value is -2.15. The van der Waals surface area contributed by atoms with Crippen molar-refractivity contribution < 1.29 is 19.6 Å². The molecule has 1 aromatic rings. The van der Waals surface area contributed by atoms with Crippen molar-refractivity contribution in [1.29, 1.82) is 0 Å². The maximum absolute atomic E-state index is 12.3. The van der Waals surface area contributed by atoms with Gasteiger partial charge in [-0.25, -0.2) is 0 Å². The standard InChI is InChI=1S/C14H15ClN2O5/c1-8-11(14(19)20)4-5-16(8)13(18)6-9-2-3-10(17(21)22)7-12(9)15/h2-3,7-8,11H,4-6H2,1H3,(H,19,20). The van der Waals surface area contributed by atoms with E-state index >= 15 is 0 Å². The van der Waals surface area contributed by atoms with Crippen LogP contribution in [0.25, 0.3) is 0 Å². The fourth-order valence-corrected chi connectivity index (χ4v) is 2.92. The van der Waals surface area contributed by atoms with E-state index in [4.69, 9.17) is 16.7 Å². The van der Waals surface area contributed by atoms with E-state index in [-0.39, 0.29) is 29.1 Å². The molecule has 118 valence electrons. The van der Waals surface area contributed by atoms with Crippen molar-refractivity contribution in [3.8, 4) is 0 Å². The van der Waals surface area contributed by atoms with Gasteiger partial charge >= 0.3 is 5.97 Å². The average molecular weight is 327 g/mol. The van der Waals surface area contributed by atoms with Gasteiger partial charge in [-0.15, -0.1) is 0 Å². The molecular weight excluding hydrogens is 312 g/mol. The molecule has 0 saturated carbocycles. The monoisotopic (exact) mass is 326 g/mol. The van der Waals surface area contributed by atoms with Crippen LogP contribution in [-0.2, 0) is 16.0 Å². The predicted octanol–water partition coefficient (Wildman–Crippen LogP) is 2.11. The Kier molecular flexibility index (Phi) is 4.65. The summed E-state index contributed by atoms with van der Waals surface area (Å²) in [6, 6.07) is 3.58. The summed E-state index contributed by atoms with van der Waals surface area (Å²) in [6.07, 6.45) is 0.420. The number of nitrogens with zero attached hydrogens (tertiary/aromatic N) is 2. The van der Waals surface area contributed by atoms with Crippen molar-refractivity contribution in [2.45, 2.75) is 25.8 Å². The van der Waals surface area contributed by atoms with Crippen molar-refractivity contribution in [2.75, 3.05) is 6.54 Å². The minimum absolute atomic E-state index is 0.00644. The van der Waals surface area contributed by atoms with E-state index in [0.29, 0.717) is 18.5 Å². The van der Waals surface area contributed by atoms with Crippen LogP contribution < -0.4 is 0 Å². The first-order chi connectivity index (χ1) is 10.3. The highest BCUT2D eigenvalue weighted by atomic mass is 35.5. The van der Waals surface area contributed by atoms with Crippen LogP contribution in [0.5, 0.6) is 0 Å². The number of carbonyl (C=O) groups excluding carboxylic acids is 1. The number of rotatable bonds is 4. The van der Waals surface area contributed by atoms with Crippen molar-refractivity contribution in [3.63, 3.8) is 0 Å². The van der Waals surface area contributed by atoms with Gasteiger partial charge in [-0.3, -0.25) is 19.7 Å². The molecule has 2 atom stereocenters. The van der Waals surface area contributed by atoms with Gasteiger partial charge in [0.05, 0.1) is 22.3 Å². The van der Waals surface area contributed by atoms with E-state index in [0.717, 1.165) is 0 Å². The molecule has 0 radical (unpaired) electrons. The molecule has 1 N–H and O–H groups in total. The summed E-state index contributed by atoms with van der Waals surface area (Å²) in [5.74, 6) is -1.69. The third-order valence-corrected chi connectivity index (χ3v) is 4.33. The van der Waals surface area contributed by atoms with Crippen LogP contribution >= 0.6 is 11.6 Å². The van der Waals surface area contributed by atoms with Gasteiger partial charge in [0.1, 0.15) is 0 Å². The number of carboxylic acid groups (broad SMARTS) is 1. The Labute approximate surface area is 131 Å². The van der Waals surface area contributed by atoms with Gasteiger partial charge in [0.2, 0.25) is 5.91 Å². The summed E-state index contributed by atoms with van der Waals surface area (Å²) in [7, 11) is 0. The van der Waals surface area contributed by atoms with E-state index in [1.807, 2.05) is 0 Å². The molecule has 1 aliphatic heterocycles. The summed E-state index contributed by atoms with van der Waals surface area (Å²) in [6.45, 7) is 2.10. The molecule has 0 aliphatic carbocycles. The maximum atomic E-state index is 12.3. The molecule has 0 aromatic heterocycles. The molecule has 2 unspecified atom stereocenters. The van der Waals surface area contributed by atoms with Crippen LogP contribution in [0.3, 0.4) is 0 Å². The second-order valence-corrected chi connectivity index (χ2v) is 5.68. The Morgan fingerprint density at radius 3 is 2.68 bits per heavy atom. The zero-order valence-electron chi connectivity index (χ0n) is 11.9. The lowest BCUT2D eigenvalue weighted by molar-refractivity contribution is -0.384. The largest absolute Gasteiger partial charge is 0.481 e. The number of benzene rings is 1. The Morgan fingerprint density at radius 2 is 2.18 bits per heavy atom. The van der Waals surface area contributed by atoms with Gasteiger partial charge in [0.25, 0.3) is 5.69 Å². The average Bonchev–Trinajstić information content (AvgIpc) is 2.82. The Bertz CT molecular complexity index is 634. The van der Waals surface area contributed by atoms with Crippen LogP contribution in [0.15, 0.2) is 18.2 Å². The molecule has 1 aromatic carbocycles. The molecule has 1 heterocycles. The Balaban J connectivity index is 2.10. The van der Waals surface area contributed by atoms with Gasteiger partial charge < -0.3 is 10.0 Å². The second-order valence-electron chi connectivity index (χ2n) is 5.27. The lowest BCUT2D eigenvalue weighted by Crippen LogP contribution is -2.38. The third-order valence-electron chi connectivity index (χ3n) is 3.98. The number of likely N-dealkylation sites (tertiary alicyclic amines) is 1. The van der Waals surface area contributed by atoms with E-state index in [9.17, 15) is 19.7 Å². The molecular formula is C14H15ClN2O5. The van der Waals surface area contributed by atoms with Crippen LogP contribution in [0.1, 0.15) is 18.9 Å². The van der Waals surface area contributed by atoms with E-state index in [2.05, 4.69) is 0 Å². The highest BCUT2D eigenvalue weighted by Gasteiger charge is 2.37. The second kappa shape index (κ2) is 6.31. The van der Waals surface area contributed by atoms with E-state index in [1.54, 1.807) is 6.92 Å². The van der Waals surface area contributed by atoms with Gasteiger partial charge in [-0.1, -0.05) is 17.7 Å². The SMILES string of the molecule is CC1C(C(=O)O)CCN1C(=O)Cc1ccc([N+](=O)[O-])cc1Cl. The molecule has 1 fully saturated rings. The molecule has 1 saturated heterocycles. The summed E-state index contributed by atoms with van der Waals surface area (Å²) in [5, 5.41) is 19.9. The summed E-state index contributed by atoms with van der Waals surface area (Å²) in [5.41, 5.74) is 0.352. The molecule has 0 spiro atoms. The predicted molar refractivity (Wildman–Crippen MR) is 78.7 cm³/mol. The first-order valence-electron chi connectivity index (χ1n) is 6.76. The van der Waals surface area contributed by atoms with Gasteiger partial charge in [-0.2, -0.15) is 0 Å². The molecule has 7 nitrogen and oxygen atoms in total. The van der Waals surface area contributed by atoms with Crippen molar-refractivity contribution in [3.05, 3.63) is 38.9 Å². The highest BCUT2D eigenvalue weighted by molar-refractivity contribution is 6.31. The molecule has 2 rings (SSSR count). The van der Waals surface area contributed by atoms with Gasteiger partial charge in [0.15, 0.2) is 0 Å². The summed E-state index contributed by atoms with van der Waals surface area (Å²) in [4.78, 5) is 35.0. The number of hydrogen-bond acceptors (Lipinski definition) is 4. The normalized spacial score (nSPS) is 20.9. The zero-order chi connectivity index (χ0) is 16.4. The summed E-state index contributed by atoms with van der Waals surface area (Å²) >= 11 is 5.97. The lowest BCUT2D eigenvalue weighted by atomic mass is 10.0. The van der Waals surface area contributed by atoms with Crippen molar-refractivity contribution >= 4 is 29.2 Å². The van der Waals surface area contributed by atoms with Crippen molar-refractivity contribution in [1.82, 2.24) is 4.90 Å². The molecule has 1 amide bonds. The number of aliphatic carboxylic acids is 1. The number of hydrogen-bond donors (Lipinski definition) is 1. The molecule has 1 aliphatic rings. The zero-order valence-corrected chi connectivity index (χ0v) is 12.6. The molecule has 22 heavy (non-hydrogen) atoms. The maximum Gasteiger partial charge on any atom is 0.308 e.